The largest absolute Gasteiger partial charge is 0.335 e. The molecule has 1 aromatic carbocycles. The molecule has 0 unspecified atom stereocenters. The van der Waals surface area contributed by atoms with Gasteiger partial charge in [0.25, 0.3) is 0 Å². The molecule has 0 bridgehead atoms. The van der Waals surface area contributed by atoms with Crippen molar-refractivity contribution in [1.29, 1.82) is 0 Å². The number of amides is 2. The third kappa shape index (κ3) is 4.07. The fourth-order valence-electron chi connectivity index (χ4n) is 2.28. The highest BCUT2D eigenvalue weighted by molar-refractivity contribution is 7.14. The third-order valence-corrected chi connectivity index (χ3v) is 4.47. The van der Waals surface area contributed by atoms with Gasteiger partial charge in [0.2, 0.25) is 0 Å². The SMILES string of the molecule is CCC(CC)NC(=O)Nc1nc(-c2cc(C)ccc2C)cs1. The van der Waals surface area contributed by atoms with E-state index in [-0.39, 0.29) is 12.1 Å². The summed E-state index contributed by atoms with van der Waals surface area (Å²) in [5.41, 5.74) is 4.41. The van der Waals surface area contributed by atoms with Crippen LogP contribution < -0.4 is 10.6 Å². The van der Waals surface area contributed by atoms with Gasteiger partial charge < -0.3 is 5.32 Å². The number of nitrogens with one attached hydrogen (secondary N) is 2. The maximum absolute atomic E-state index is 12.0. The van der Waals surface area contributed by atoms with Gasteiger partial charge in [-0.05, 0) is 38.3 Å². The lowest BCUT2D eigenvalue weighted by Gasteiger charge is -2.14. The first-order valence-electron chi connectivity index (χ1n) is 7.64. The molecule has 0 aliphatic carbocycles. The molecule has 1 heterocycles. The standard InChI is InChI=1S/C17H23N3OS/c1-5-13(6-2)18-16(21)20-17-19-15(10-22-17)14-9-11(3)7-8-12(14)4/h7-10,13H,5-6H2,1-4H3,(H2,18,19,20,21). The number of rotatable bonds is 5. The van der Waals surface area contributed by atoms with Gasteiger partial charge in [-0.1, -0.05) is 31.5 Å². The molecule has 0 saturated carbocycles. The lowest BCUT2D eigenvalue weighted by Crippen LogP contribution is -2.37. The molecular weight excluding hydrogens is 294 g/mol. The zero-order valence-electron chi connectivity index (χ0n) is 13.6. The molecule has 118 valence electrons. The Morgan fingerprint density at radius 3 is 2.68 bits per heavy atom. The quantitative estimate of drug-likeness (QED) is 0.837. The van der Waals surface area contributed by atoms with Crippen LogP contribution in [0.25, 0.3) is 11.3 Å². The Morgan fingerprint density at radius 2 is 2.00 bits per heavy atom. The molecule has 22 heavy (non-hydrogen) atoms. The fourth-order valence-corrected chi connectivity index (χ4v) is 2.98. The maximum Gasteiger partial charge on any atom is 0.321 e. The topological polar surface area (TPSA) is 54.0 Å². The van der Waals surface area contributed by atoms with Crippen molar-refractivity contribution in [1.82, 2.24) is 10.3 Å². The number of hydrogen-bond donors (Lipinski definition) is 2. The van der Waals surface area contributed by atoms with Crippen LogP contribution in [0.5, 0.6) is 0 Å². The number of urea groups is 1. The van der Waals surface area contributed by atoms with Crippen molar-refractivity contribution in [3.05, 3.63) is 34.7 Å². The third-order valence-electron chi connectivity index (χ3n) is 3.71. The van der Waals surface area contributed by atoms with Crippen molar-refractivity contribution in [3.63, 3.8) is 0 Å². The number of aromatic nitrogens is 1. The Balaban J connectivity index is 2.08. The van der Waals surface area contributed by atoms with E-state index in [1.807, 2.05) is 5.38 Å². The molecule has 2 rings (SSSR count). The number of hydrogen-bond acceptors (Lipinski definition) is 3. The van der Waals surface area contributed by atoms with E-state index in [0.717, 1.165) is 24.1 Å². The summed E-state index contributed by atoms with van der Waals surface area (Å²) in [4.78, 5) is 16.5. The van der Waals surface area contributed by atoms with Crippen LogP contribution in [0, 0.1) is 13.8 Å². The fraction of sp³-hybridized carbons (Fsp3) is 0.412. The first kappa shape index (κ1) is 16.5. The number of anilines is 1. The van der Waals surface area contributed by atoms with Crippen LogP contribution in [-0.2, 0) is 0 Å². The molecule has 0 spiro atoms. The summed E-state index contributed by atoms with van der Waals surface area (Å²) in [5.74, 6) is 0. The minimum absolute atomic E-state index is 0.185. The smallest absolute Gasteiger partial charge is 0.321 e. The number of thiazole rings is 1. The van der Waals surface area contributed by atoms with Crippen LogP contribution in [-0.4, -0.2) is 17.1 Å². The summed E-state index contributed by atoms with van der Waals surface area (Å²) in [6, 6.07) is 6.33. The van der Waals surface area contributed by atoms with Gasteiger partial charge >= 0.3 is 6.03 Å². The molecule has 0 saturated heterocycles. The Morgan fingerprint density at radius 1 is 1.27 bits per heavy atom. The van der Waals surface area contributed by atoms with Gasteiger partial charge in [-0.25, -0.2) is 9.78 Å². The summed E-state index contributed by atoms with van der Waals surface area (Å²) in [5, 5.41) is 8.38. The second-order valence-corrected chi connectivity index (χ2v) is 6.33. The van der Waals surface area contributed by atoms with E-state index in [1.54, 1.807) is 0 Å². The second-order valence-electron chi connectivity index (χ2n) is 5.47. The van der Waals surface area contributed by atoms with E-state index in [0.29, 0.717) is 5.13 Å². The van der Waals surface area contributed by atoms with Crippen molar-refractivity contribution >= 4 is 22.5 Å². The van der Waals surface area contributed by atoms with Gasteiger partial charge in [0.15, 0.2) is 5.13 Å². The average Bonchev–Trinajstić information content (AvgIpc) is 2.95. The number of aryl methyl sites for hydroxylation is 2. The maximum atomic E-state index is 12.0. The summed E-state index contributed by atoms with van der Waals surface area (Å²) in [6.45, 7) is 8.27. The highest BCUT2D eigenvalue weighted by Crippen LogP contribution is 2.28. The minimum Gasteiger partial charge on any atom is -0.335 e. The van der Waals surface area contributed by atoms with Crippen LogP contribution in [0.3, 0.4) is 0 Å². The van der Waals surface area contributed by atoms with Crippen molar-refractivity contribution in [2.45, 2.75) is 46.6 Å². The summed E-state index contributed by atoms with van der Waals surface area (Å²) < 4.78 is 0. The highest BCUT2D eigenvalue weighted by Gasteiger charge is 2.12. The van der Waals surface area contributed by atoms with E-state index in [1.165, 1.54) is 22.5 Å². The number of carbonyl (C=O) groups is 1. The van der Waals surface area contributed by atoms with E-state index >= 15 is 0 Å². The summed E-state index contributed by atoms with van der Waals surface area (Å²) in [6.07, 6.45) is 1.85. The zero-order valence-corrected chi connectivity index (χ0v) is 14.4. The Kier molecular flexibility index (Phi) is 5.55. The molecule has 4 nitrogen and oxygen atoms in total. The van der Waals surface area contributed by atoms with Crippen molar-refractivity contribution in [3.8, 4) is 11.3 Å². The molecule has 2 N–H and O–H groups in total. The van der Waals surface area contributed by atoms with Crippen LogP contribution in [0.4, 0.5) is 9.93 Å². The van der Waals surface area contributed by atoms with E-state index in [2.05, 4.69) is 61.5 Å². The Bertz CT molecular complexity index is 647. The molecule has 1 aromatic heterocycles. The predicted octanol–water partition coefficient (Wildman–Crippen LogP) is 4.74. The lowest BCUT2D eigenvalue weighted by atomic mass is 10.0. The molecule has 0 aliphatic heterocycles. The van der Waals surface area contributed by atoms with E-state index < -0.39 is 0 Å². The normalized spacial score (nSPS) is 10.8. The number of nitrogens with zero attached hydrogens (tertiary/aromatic N) is 1. The van der Waals surface area contributed by atoms with Gasteiger partial charge in [0, 0.05) is 17.0 Å². The molecular formula is C17H23N3OS. The predicted molar refractivity (Wildman–Crippen MR) is 93.5 cm³/mol. The minimum atomic E-state index is -0.185. The van der Waals surface area contributed by atoms with Crippen molar-refractivity contribution < 1.29 is 4.79 Å². The molecule has 0 aliphatic rings. The van der Waals surface area contributed by atoms with Crippen molar-refractivity contribution in [2.75, 3.05) is 5.32 Å². The van der Waals surface area contributed by atoms with Gasteiger partial charge in [0.05, 0.1) is 5.69 Å². The number of carbonyl (C=O) groups excluding carboxylic acids is 1. The zero-order chi connectivity index (χ0) is 16.1. The summed E-state index contributed by atoms with van der Waals surface area (Å²) >= 11 is 1.45. The Hall–Kier alpha value is -1.88. The van der Waals surface area contributed by atoms with Crippen molar-refractivity contribution in [2.24, 2.45) is 0 Å². The van der Waals surface area contributed by atoms with E-state index in [4.69, 9.17) is 0 Å². The average molecular weight is 317 g/mol. The molecule has 5 heteroatoms. The molecule has 0 fully saturated rings. The van der Waals surface area contributed by atoms with Gasteiger partial charge in [0.1, 0.15) is 0 Å². The van der Waals surface area contributed by atoms with Crippen LogP contribution in [0.1, 0.15) is 37.8 Å². The van der Waals surface area contributed by atoms with Gasteiger partial charge in [-0.15, -0.1) is 11.3 Å². The molecule has 2 amide bonds. The van der Waals surface area contributed by atoms with Gasteiger partial charge in [-0.3, -0.25) is 5.32 Å². The van der Waals surface area contributed by atoms with Crippen LogP contribution in [0.15, 0.2) is 23.6 Å². The van der Waals surface area contributed by atoms with Gasteiger partial charge in [-0.2, -0.15) is 0 Å². The molecule has 2 aromatic rings. The first-order chi connectivity index (χ1) is 10.5. The van der Waals surface area contributed by atoms with E-state index in [9.17, 15) is 4.79 Å². The lowest BCUT2D eigenvalue weighted by molar-refractivity contribution is 0.247. The number of benzene rings is 1. The Labute approximate surface area is 136 Å². The van der Waals surface area contributed by atoms with Crippen LogP contribution in [0.2, 0.25) is 0 Å². The second kappa shape index (κ2) is 7.40. The summed E-state index contributed by atoms with van der Waals surface area (Å²) in [7, 11) is 0. The monoisotopic (exact) mass is 317 g/mol. The molecule has 0 atom stereocenters. The highest BCUT2D eigenvalue weighted by atomic mass is 32.1. The first-order valence-corrected chi connectivity index (χ1v) is 8.52. The molecule has 0 radical (unpaired) electrons. The van der Waals surface area contributed by atoms with Crippen LogP contribution >= 0.6 is 11.3 Å².